The summed E-state index contributed by atoms with van der Waals surface area (Å²) in [4.78, 5) is 42.8. The summed E-state index contributed by atoms with van der Waals surface area (Å²) in [6.45, 7) is 3.32. The Morgan fingerprint density at radius 3 is 2.54 bits per heavy atom. The van der Waals surface area contributed by atoms with Gasteiger partial charge in [-0.2, -0.15) is 0 Å². The largest absolute Gasteiger partial charge is 0.314 e. The summed E-state index contributed by atoms with van der Waals surface area (Å²) in [6, 6.07) is 8.47. The van der Waals surface area contributed by atoms with Crippen molar-refractivity contribution in [1.29, 1.82) is 0 Å². The van der Waals surface area contributed by atoms with Crippen LogP contribution in [0.25, 0.3) is 0 Å². The van der Waals surface area contributed by atoms with Gasteiger partial charge in [0.05, 0.1) is 0 Å². The number of anilines is 2. The Kier molecular flexibility index (Phi) is 6.14. The predicted molar refractivity (Wildman–Crippen MR) is 94.6 cm³/mol. The lowest BCUT2D eigenvalue weighted by molar-refractivity contribution is -0.114. The Bertz CT molecular complexity index is 790. The number of rotatable bonds is 6. The minimum absolute atomic E-state index is 0.0362. The van der Waals surface area contributed by atoms with Crippen molar-refractivity contribution in [3.05, 3.63) is 46.2 Å². The van der Waals surface area contributed by atoms with Gasteiger partial charge in [0, 0.05) is 18.2 Å². The van der Waals surface area contributed by atoms with Gasteiger partial charge in [0.15, 0.2) is 16.7 Å². The highest BCUT2D eigenvalue weighted by molar-refractivity contribution is 7.99. The lowest BCUT2D eigenvalue weighted by Gasteiger charge is -2.11. The van der Waals surface area contributed by atoms with E-state index >= 15 is 0 Å². The summed E-state index contributed by atoms with van der Waals surface area (Å²) in [7, 11) is 0. The summed E-state index contributed by atoms with van der Waals surface area (Å²) in [5.74, 6) is -0.0228. The molecule has 0 atom stereocenters. The molecular formula is C16H18N4O3S. The van der Waals surface area contributed by atoms with E-state index in [0.717, 1.165) is 12.2 Å². The third kappa shape index (κ3) is 4.69. The first-order chi connectivity index (χ1) is 11.5. The van der Waals surface area contributed by atoms with E-state index in [4.69, 9.17) is 0 Å². The molecule has 0 spiro atoms. The minimum Gasteiger partial charge on any atom is -0.314 e. The standard InChI is InChI=1S/C16H18N4O3S/c1-3-9-24-16-19-13(17-10(2)21)12(15(23)20-16)18-14(22)11-7-5-4-6-8-11/h4-8H,3,9H2,1-2H3,(H,18,22)(H2,17,19,20,21,23). The molecule has 2 amide bonds. The number of aromatic amines is 1. The molecule has 8 heteroatoms. The minimum atomic E-state index is -0.517. The average molecular weight is 346 g/mol. The molecule has 0 aliphatic rings. The summed E-state index contributed by atoms with van der Waals surface area (Å²) in [5.41, 5.74) is -0.202. The van der Waals surface area contributed by atoms with E-state index in [2.05, 4.69) is 20.6 Å². The molecule has 24 heavy (non-hydrogen) atoms. The first kappa shape index (κ1) is 17.7. The molecule has 1 heterocycles. The fourth-order valence-corrected chi connectivity index (χ4v) is 2.59. The molecule has 0 aliphatic heterocycles. The number of H-pyrrole nitrogens is 1. The number of nitrogens with zero attached hydrogens (tertiary/aromatic N) is 1. The second-order valence-corrected chi connectivity index (χ2v) is 6.03. The van der Waals surface area contributed by atoms with Gasteiger partial charge in [-0.25, -0.2) is 4.98 Å². The number of carbonyl (C=O) groups excluding carboxylic acids is 2. The fourth-order valence-electron chi connectivity index (χ4n) is 1.87. The molecule has 2 rings (SSSR count). The zero-order chi connectivity index (χ0) is 17.5. The van der Waals surface area contributed by atoms with Crippen LogP contribution in [0.3, 0.4) is 0 Å². The Hall–Kier alpha value is -2.61. The van der Waals surface area contributed by atoms with E-state index in [0.29, 0.717) is 10.7 Å². The van der Waals surface area contributed by atoms with Crippen molar-refractivity contribution in [2.75, 3.05) is 16.4 Å². The van der Waals surface area contributed by atoms with Gasteiger partial charge in [-0.3, -0.25) is 19.4 Å². The van der Waals surface area contributed by atoms with Crippen LogP contribution in [0, 0.1) is 0 Å². The van der Waals surface area contributed by atoms with Gasteiger partial charge in [-0.05, 0) is 18.6 Å². The average Bonchev–Trinajstić information content (AvgIpc) is 2.56. The van der Waals surface area contributed by atoms with E-state index in [1.165, 1.54) is 18.7 Å². The van der Waals surface area contributed by atoms with Crippen molar-refractivity contribution in [2.24, 2.45) is 0 Å². The monoisotopic (exact) mass is 346 g/mol. The number of hydrogen-bond donors (Lipinski definition) is 3. The van der Waals surface area contributed by atoms with Crippen molar-refractivity contribution in [3.63, 3.8) is 0 Å². The number of amides is 2. The zero-order valence-electron chi connectivity index (χ0n) is 13.4. The molecule has 0 bridgehead atoms. The van der Waals surface area contributed by atoms with Crippen molar-refractivity contribution >= 4 is 35.1 Å². The van der Waals surface area contributed by atoms with E-state index in [1.54, 1.807) is 30.3 Å². The molecule has 0 radical (unpaired) electrons. The third-order valence-corrected chi connectivity index (χ3v) is 3.99. The van der Waals surface area contributed by atoms with Gasteiger partial charge in [-0.15, -0.1) is 0 Å². The second kappa shape index (κ2) is 8.30. The molecule has 1 aromatic carbocycles. The highest BCUT2D eigenvalue weighted by Crippen LogP contribution is 2.20. The smallest absolute Gasteiger partial charge is 0.277 e. The molecule has 0 saturated heterocycles. The van der Waals surface area contributed by atoms with Gasteiger partial charge in [0.2, 0.25) is 5.91 Å². The van der Waals surface area contributed by atoms with Crippen LogP contribution >= 0.6 is 11.8 Å². The molecule has 0 saturated carbocycles. The quantitative estimate of drug-likeness (QED) is 0.551. The molecule has 7 nitrogen and oxygen atoms in total. The number of carbonyl (C=O) groups is 2. The maximum absolute atomic E-state index is 12.3. The van der Waals surface area contributed by atoms with Gasteiger partial charge < -0.3 is 10.6 Å². The predicted octanol–water partition coefficient (Wildman–Crippen LogP) is 2.48. The van der Waals surface area contributed by atoms with Gasteiger partial charge in [-0.1, -0.05) is 36.9 Å². The van der Waals surface area contributed by atoms with Crippen molar-refractivity contribution in [2.45, 2.75) is 25.4 Å². The van der Waals surface area contributed by atoms with Crippen LogP contribution in [-0.2, 0) is 4.79 Å². The topological polar surface area (TPSA) is 104 Å². The van der Waals surface area contributed by atoms with Crippen LogP contribution in [0.5, 0.6) is 0 Å². The van der Waals surface area contributed by atoms with Gasteiger partial charge >= 0.3 is 0 Å². The van der Waals surface area contributed by atoms with Gasteiger partial charge in [0.1, 0.15) is 0 Å². The lowest BCUT2D eigenvalue weighted by Crippen LogP contribution is -2.24. The van der Waals surface area contributed by atoms with Crippen LogP contribution in [0.15, 0.2) is 40.3 Å². The van der Waals surface area contributed by atoms with Crippen LogP contribution in [0.4, 0.5) is 11.5 Å². The number of benzene rings is 1. The van der Waals surface area contributed by atoms with Crippen LogP contribution in [0.1, 0.15) is 30.6 Å². The molecular weight excluding hydrogens is 328 g/mol. The Morgan fingerprint density at radius 2 is 1.92 bits per heavy atom. The molecule has 3 N–H and O–H groups in total. The lowest BCUT2D eigenvalue weighted by atomic mass is 10.2. The molecule has 126 valence electrons. The van der Waals surface area contributed by atoms with Crippen LogP contribution in [0.2, 0.25) is 0 Å². The SMILES string of the molecule is CCCSc1nc(NC(C)=O)c(NC(=O)c2ccccc2)c(=O)[nH]1. The highest BCUT2D eigenvalue weighted by Gasteiger charge is 2.16. The molecule has 1 aromatic heterocycles. The number of nitrogens with one attached hydrogen (secondary N) is 3. The number of aromatic nitrogens is 2. The second-order valence-electron chi connectivity index (χ2n) is 4.94. The maximum Gasteiger partial charge on any atom is 0.277 e. The first-order valence-corrected chi connectivity index (χ1v) is 8.41. The van der Waals surface area contributed by atoms with Crippen molar-refractivity contribution < 1.29 is 9.59 Å². The van der Waals surface area contributed by atoms with Crippen LogP contribution in [-0.4, -0.2) is 27.5 Å². The number of thioether (sulfide) groups is 1. The molecule has 0 aliphatic carbocycles. The highest BCUT2D eigenvalue weighted by atomic mass is 32.2. The normalized spacial score (nSPS) is 10.2. The van der Waals surface area contributed by atoms with Crippen molar-refractivity contribution in [3.8, 4) is 0 Å². The van der Waals surface area contributed by atoms with E-state index in [-0.39, 0.29) is 17.4 Å². The maximum atomic E-state index is 12.3. The van der Waals surface area contributed by atoms with Crippen LogP contribution < -0.4 is 16.2 Å². The summed E-state index contributed by atoms with van der Waals surface area (Å²) >= 11 is 1.37. The van der Waals surface area contributed by atoms with Gasteiger partial charge in [0.25, 0.3) is 11.5 Å². The summed E-state index contributed by atoms with van der Waals surface area (Å²) in [5, 5.41) is 5.40. The summed E-state index contributed by atoms with van der Waals surface area (Å²) < 4.78 is 0. The van der Waals surface area contributed by atoms with E-state index in [9.17, 15) is 14.4 Å². The molecule has 2 aromatic rings. The Morgan fingerprint density at radius 1 is 1.21 bits per heavy atom. The van der Waals surface area contributed by atoms with E-state index < -0.39 is 11.5 Å². The zero-order valence-corrected chi connectivity index (χ0v) is 14.2. The van der Waals surface area contributed by atoms with E-state index in [1.807, 2.05) is 6.92 Å². The Balaban J connectivity index is 2.34. The Labute approximate surface area is 143 Å². The summed E-state index contributed by atoms with van der Waals surface area (Å²) in [6.07, 6.45) is 0.913. The molecule has 0 unspecified atom stereocenters. The number of hydrogen-bond acceptors (Lipinski definition) is 5. The third-order valence-electron chi connectivity index (χ3n) is 2.91. The molecule has 0 fully saturated rings. The first-order valence-electron chi connectivity index (χ1n) is 7.42. The van der Waals surface area contributed by atoms with Crippen molar-refractivity contribution in [1.82, 2.24) is 9.97 Å². The fraction of sp³-hybridized carbons (Fsp3) is 0.250.